The van der Waals surface area contributed by atoms with Crippen LogP contribution in [0.2, 0.25) is 0 Å². The van der Waals surface area contributed by atoms with E-state index in [1.807, 2.05) is 6.92 Å². The Morgan fingerprint density at radius 2 is 2.06 bits per heavy atom. The average Bonchev–Trinajstić information content (AvgIpc) is 2.25. The fraction of sp³-hybridized carbons (Fsp3) is 0.818. The molecule has 1 aliphatic carbocycles. The number of rotatable bonds is 3. The van der Waals surface area contributed by atoms with Crippen LogP contribution in [0.4, 0.5) is 0 Å². The molecule has 5 heteroatoms. The molecule has 0 spiro atoms. The lowest BCUT2D eigenvalue weighted by Gasteiger charge is -2.33. The number of hydrogen-bond donors (Lipinski definition) is 3. The molecule has 0 aliphatic heterocycles. The molecule has 0 aromatic rings. The van der Waals surface area contributed by atoms with Gasteiger partial charge in [-0.1, -0.05) is 13.3 Å². The van der Waals surface area contributed by atoms with Gasteiger partial charge in [0.15, 0.2) is 0 Å². The zero-order valence-corrected chi connectivity index (χ0v) is 9.95. The van der Waals surface area contributed by atoms with Crippen molar-refractivity contribution in [2.75, 3.05) is 13.6 Å². The van der Waals surface area contributed by atoms with Gasteiger partial charge in [0.1, 0.15) is 0 Å². The van der Waals surface area contributed by atoms with Crippen molar-refractivity contribution in [1.82, 2.24) is 10.6 Å². The number of amides is 2. The molecule has 16 heavy (non-hydrogen) atoms. The quantitative estimate of drug-likeness (QED) is 0.614. The van der Waals surface area contributed by atoms with Crippen molar-refractivity contribution in [3.63, 3.8) is 0 Å². The van der Waals surface area contributed by atoms with Gasteiger partial charge in [-0.05, 0) is 18.8 Å². The van der Waals surface area contributed by atoms with Gasteiger partial charge in [0.2, 0.25) is 11.8 Å². The van der Waals surface area contributed by atoms with Gasteiger partial charge in [0.05, 0.1) is 12.5 Å². The molecule has 2 amide bonds. The molecular weight excluding hydrogens is 206 g/mol. The van der Waals surface area contributed by atoms with E-state index in [2.05, 4.69) is 10.6 Å². The summed E-state index contributed by atoms with van der Waals surface area (Å²) in [6.07, 6.45) is 3.01. The van der Waals surface area contributed by atoms with Gasteiger partial charge in [0.25, 0.3) is 0 Å². The van der Waals surface area contributed by atoms with Crippen molar-refractivity contribution in [2.45, 2.75) is 32.2 Å². The first-order chi connectivity index (χ1) is 7.56. The molecule has 1 saturated carbocycles. The summed E-state index contributed by atoms with van der Waals surface area (Å²) >= 11 is 0. The van der Waals surface area contributed by atoms with E-state index in [0.29, 0.717) is 5.92 Å². The van der Waals surface area contributed by atoms with Crippen molar-refractivity contribution in [3.05, 3.63) is 0 Å². The molecule has 0 aromatic carbocycles. The van der Waals surface area contributed by atoms with Gasteiger partial charge in [-0.25, -0.2) is 0 Å². The highest BCUT2D eigenvalue weighted by Crippen LogP contribution is 2.28. The van der Waals surface area contributed by atoms with Crippen molar-refractivity contribution < 1.29 is 9.59 Å². The minimum absolute atomic E-state index is 0.0330. The van der Waals surface area contributed by atoms with Crippen LogP contribution in [0.3, 0.4) is 0 Å². The topological polar surface area (TPSA) is 84.2 Å². The van der Waals surface area contributed by atoms with Crippen LogP contribution in [0, 0.1) is 11.8 Å². The van der Waals surface area contributed by atoms with E-state index in [-0.39, 0.29) is 30.3 Å². The van der Waals surface area contributed by atoms with Crippen LogP contribution in [0.15, 0.2) is 0 Å². The molecule has 1 aliphatic rings. The first-order valence-electron chi connectivity index (χ1n) is 5.80. The maximum atomic E-state index is 11.9. The summed E-state index contributed by atoms with van der Waals surface area (Å²) in [4.78, 5) is 22.9. The van der Waals surface area contributed by atoms with Gasteiger partial charge in [-0.3, -0.25) is 9.59 Å². The standard InChI is InChI=1S/C11H21N3O2/c1-7-4-3-5-8(12)10(7)11(16)14-6-9(15)13-2/h7-8,10H,3-6,12H2,1-2H3,(H,13,15)(H,14,16). The van der Waals surface area contributed by atoms with Crippen LogP contribution >= 0.6 is 0 Å². The fourth-order valence-corrected chi connectivity index (χ4v) is 2.28. The van der Waals surface area contributed by atoms with E-state index in [0.717, 1.165) is 19.3 Å². The molecule has 1 rings (SSSR count). The Balaban J connectivity index is 2.47. The van der Waals surface area contributed by atoms with E-state index < -0.39 is 0 Å². The lowest BCUT2D eigenvalue weighted by molar-refractivity contribution is -0.130. The van der Waals surface area contributed by atoms with Gasteiger partial charge >= 0.3 is 0 Å². The third-order valence-electron chi connectivity index (χ3n) is 3.28. The maximum Gasteiger partial charge on any atom is 0.239 e. The minimum atomic E-state index is -0.189. The Bertz CT molecular complexity index is 258. The summed E-state index contributed by atoms with van der Waals surface area (Å²) in [5, 5.41) is 5.09. The second-order valence-electron chi connectivity index (χ2n) is 4.49. The van der Waals surface area contributed by atoms with Crippen molar-refractivity contribution in [1.29, 1.82) is 0 Å². The second-order valence-corrected chi connectivity index (χ2v) is 4.49. The highest BCUT2D eigenvalue weighted by molar-refractivity contribution is 5.86. The summed E-state index contributed by atoms with van der Waals surface area (Å²) < 4.78 is 0. The number of hydrogen-bond acceptors (Lipinski definition) is 3. The van der Waals surface area contributed by atoms with E-state index in [9.17, 15) is 9.59 Å². The summed E-state index contributed by atoms with van der Waals surface area (Å²) in [6.45, 7) is 2.08. The highest BCUT2D eigenvalue weighted by atomic mass is 16.2. The average molecular weight is 227 g/mol. The molecule has 5 nitrogen and oxygen atoms in total. The van der Waals surface area contributed by atoms with E-state index in [4.69, 9.17) is 5.73 Å². The fourth-order valence-electron chi connectivity index (χ4n) is 2.28. The number of nitrogens with one attached hydrogen (secondary N) is 2. The number of nitrogens with two attached hydrogens (primary N) is 1. The predicted octanol–water partition coefficient (Wildman–Crippen LogP) is -0.388. The summed E-state index contributed by atoms with van der Waals surface area (Å²) in [5.74, 6) is -0.138. The summed E-state index contributed by atoms with van der Waals surface area (Å²) in [6, 6.07) is -0.0755. The normalized spacial score (nSPS) is 29.6. The Kier molecular flexibility index (Phi) is 4.73. The first-order valence-corrected chi connectivity index (χ1v) is 5.80. The van der Waals surface area contributed by atoms with Crippen LogP contribution in [-0.4, -0.2) is 31.4 Å². The summed E-state index contributed by atoms with van der Waals surface area (Å²) in [7, 11) is 1.55. The number of carbonyl (C=O) groups excluding carboxylic acids is 2. The molecule has 92 valence electrons. The van der Waals surface area contributed by atoms with Gasteiger partial charge in [-0.15, -0.1) is 0 Å². The smallest absolute Gasteiger partial charge is 0.239 e. The minimum Gasteiger partial charge on any atom is -0.358 e. The van der Waals surface area contributed by atoms with Crippen LogP contribution < -0.4 is 16.4 Å². The molecule has 0 bridgehead atoms. The highest BCUT2D eigenvalue weighted by Gasteiger charge is 2.33. The molecule has 3 atom stereocenters. The lowest BCUT2D eigenvalue weighted by atomic mass is 9.76. The molecule has 1 fully saturated rings. The Labute approximate surface area is 96.1 Å². The summed E-state index contributed by atoms with van der Waals surface area (Å²) in [5.41, 5.74) is 5.95. The second kappa shape index (κ2) is 5.84. The largest absolute Gasteiger partial charge is 0.358 e. The third-order valence-corrected chi connectivity index (χ3v) is 3.28. The van der Waals surface area contributed by atoms with Gasteiger partial charge in [-0.2, -0.15) is 0 Å². The predicted molar refractivity (Wildman–Crippen MR) is 61.6 cm³/mol. The number of carbonyl (C=O) groups is 2. The Morgan fingerprint density at radius 3 is 2.62 bits per heavy atom. The van der Waals surface area contributed by atoms with Gasteiger partial charge in [0, 0.05) is 13.1 Å². The Morgan fingerprint density at radius 1 is 1.38 bits per heavy atom. The van der Waals surface area contributed by atoms with Crippen LogP contribution in [0.1, 0.15) is 26.2 Å². The third kappa shape index (κ3) is 3.20. The zero-order valence-electron chi connectivity index (χ0n) is 9.95. The molecule has 3 unspecified atom stereocenters. The Hall–Kier alpha value is -1.10. The molecule has 0 radical (unpaired) electrons. The van der Waals surface area contributed by atoms with Crippen LogP contribution in [0.5, 0.6) is 0 Å². The number of likely N-dealkylation sites (N-methyl/N-ethyl adjacent to an activating group) is 1. The first kappa shape index (κ1) is 13.0. The van der Waals surface area contributed by atoms with Crippen molar-refractivity contribution in [3.8, 4) is 0 Å². The van der Waals surface area contributed by atoms with Crippen molar-refractivity contribution in [2.24, 2.45) is 17.6 Å². The zero-order chi connectivity index (χ0) is 12.1. The van der Waals surface area contributed by atoms with E-state index in [1.54, 1.807) is 7.05 Å². The molecule has 0 saturated heterocycles. The van der Waals surface area contributed by atoms with E-state index >= 15 is 0 Å². The van der Waals surface area contributed by atoms with Gasteiger partial charge < -0.3 is 16.4 Å². The molecule has 0 aromatic heterocycles. The SMILES string of the molecule is CNC(=O)CNC(=O)C1C(C)CCCC1N. The van der Waals surface area contributed by atoms with Crippen LogP contribution in [0.25, 0.3) is 0 Å². The lowest BCUT2D eigenvalue weighted by Crippen LogP contribution is -2.49. The maximum absolute atomic E-state index is 11.9. The molecular formula is C11H21N3O2. The molecule has 0 heterocycles. The van der Waals surface area contributed by atoms with E-state index in [1.165, 1.54) is 0 Å². The monoisotopic (exact) mass is 227 g/mol. The molecule has 4 N–H and O–H groups in total. The van der Waals surface area contributed by atoms with Crippen molar-refractivity contribution >= 4 is 11.8 Å². The van der Waals surface area contributed by atoms with Crippen LogP contribution in [-0.2, 0) is 9.59 Å².